The molecule has 0 aliphatic carbocycles. The number of nitrogens with zero attached hydrogens (tertiary/aromatic N) is 1. The number of aryl methyl sites for hydroxylation is 2. The van der Waals surface area contributed by atoms with Crippen LogP contribution in [0.2, 0.25) is 0 Å². The molecular formula is C24H24N2O3. The van der Waals surface area contributed by atoms with Crippen molar-refractivity contribution in [2.45, 2.75) is 26.8 Å². The van der Waals surface area contributed by atoms with Crippen molar-refractivity contribution in [2.75, 3.05) is 6.61 Å². The van der Waals surface area contributed by atoms with E-state index in [1.54, 1.807) is 12.3 Å². The highest BCUT2D eigenvalue weighted by molar-refractivity contribution is 5.93. The number of hydrogen-bond acceptors (Lipinski definition) is 4. The van der Waals surface area contributed by atoms with Crippen LogP contribution in [0.25, 0.3) is 17.0 Å². The third kappa shape index (κ3) is 5.29. The normalized spacial score (nSPS) is 12.1. The van der Waals surface area contributed by atoms with Gasteiger partial charge >= 0.3 is 5.97 Å². The van der Waals surface area contributed by atoms with Crippen LogP contribution in [0, 0.1) is 13.8 Å². The summed E-state index contributed by atoms with van der Waals surface area (Å²) in [5.41, 5.74) is 5.00. The lowest BCUT2D eigenvalue weighted by molar-refractivity contribution is -0.144. The lowest BCUT2D eigenvalue weighted by Gasteiger charge is -2.15. The molecule has 5 heteroatoms. The van der Waals surface area contributed by atoms with Gasteiger partial charge in [0.1, 0.15) is 0 Å². The molecule has 2 aromatic carbocycles. The number of carbonyl (C=O) groups is 2. The second-order valence-corrected chi connectivity index (χ2v) is 7.00. The van der Waals surface area contributed by atoms with Gasteiger partial charge in [-0.1, -0.05) is 42.5 Å². The fourth-order valence-corrected chi connectivity index (χ4v) is 3.01. The number of amides is 1. The standard InChI is InChI=1S/C24H24N2O3/c1-16-9-10-21(14-17(16)2)18(3)26-22(27)15-29-23(28)12-11-20-7-4-6-19-8-5-13-25-24(19)20/h4-14,18H,15H2,1-3H3,(H,26,27)/b12-11+. The molecule has 29 heavy (non-hydrogen) atoms. The molecule has 0 spiro atoms. The van der Waals surface area contributed by atoms with Crippen LogP contribution >= 0.6 is 0 Å². The molecule has 5 nitrogen and oxygen atoms in total. The first kappa shape index (κ1) is 20.3. The molecule has 1 heterocycles. The van der Waals surface area contributed by atoms with Gasteiger partial charge in [-0.05, 0) is 49.6 Å². The number of ether oxygens (including phenoxy) is 1. The summed E-state index contributed by atoms with van der Waals surface area (Å²) < 4.78 is 5.06. The van der Waals surface area contributed by atoms with Crippen LogP contribution in [0.15, 0.2) is 60.8 Å². The Kier molecular flexibility index (Phi) is 6.39. The van der Waals surface area contributed by atoms with Crippen molar-refractivity contribution < 1.29 is 14.3 Å². The molecule has 0 saturated carbocycles. The molecule has 0 fully saturated rings. The Bertz CT molecular complexity index is 1070. The molecule has 3 rings (SSSR count). The highest BCUT2D eigenvalue weighted by Gasteiger charge is 2.12. The van der Waals surface area contributed by atoms with Crippen molar-refractivity contribution in [3.05, 3.63) is 83.1 Å². The Balaban J connectivity index is 1.54. The number of esters is 1. The Hall–Kier alpha value is -3.47. The second kappa shape index (κ2) is 9.15. The molecule has 1 N–H and O–H groups in total. The van der Waals surface area contributed by atoms with Gasteiger partial charge in [0, 0.05) is 23.2 Å². The van der Waals surface area contributed by atoms with Crippen molar-refractivity contribution in [3.63, 3.8) is 0 Å². The number of pyridine rings is 1. The van der Waals surface area contributed by atoms with Crippen LogP contribution in [-0.4, -0.2) is 23.5 Å². The molecule has 0 saturated heterocycles. The SMILES string of the molecule is Cc1ccc(C(C)NC(=O)COC(=O)/C=C/c2cccc3cccnc23)cc1C. The number of carbonyl (C=O) groups excluding carboxylic acids is 2. The number of para-hydroxylation sites is 1. The molecular weight excluding hydrogens is 364 g/mol. The number of aromatic nitrogens is 1. The molecule has 1 amide bonds. The van der Waals surface area contributed by atoms with E-state index in [1.165, 1.54) is 17.2 Å². The fourth-order valence-electron chi connectivity index (χ4n) is 3.01. The van der Waals surface area contributed by atoms with Crippen LogP contribution in [0.1, 0.15) is 35.2 Å². The van der Waals surface area contributed by atoms with Gasteiger partial charge in [0.2, 0.25) is 0 Å². The third-order valence-electron chi connectivity index (χ3n) is 4.82. The van der Waals surface area contributed by atoms with Gasteiger partial charge in [-0.3, -0.25) is 9.78 Å². The zero-order valence-electron chi connectivity index (χ0n) is 16.8. The molecule has 0 radical (unpaired) electrons. The van der Waals surface area contributed by atoms with Crippen molar-refractivity contribution in [1.29, 1.82) is 0 Å². The van der Waals surface area contributed by atoms with E-state index in [1.807, 2.05) is 69.3 Å². The summed E-state index contributed by atoms with van der Waals surface area (Å²) in [4.78, 5) is 28.4. The van der Waals surface area contributed by atoms with Crippen molar-refractivity contribution >= 4 is 28.9 Å². The molecule has 0 aliphatic heterocycles. The van der Waals surface area contributed by atoms with Crippen LogP contribution in [0.5, 0.6) is 0 Å². The molecule has 3 aromatic rings. The van der Waals surface area contributed by atoms with Crippen molar-refractivity contribution in [3.8, 4) is 0 Å². The highest BCUT2D eigenvalue weighted by atomic mass is 16.5. The van der Waals surface area contributed by atoms with E-state index in [2.05, 4.69) is 10.3 Å². The van der Waals surface area contributed by atoms with E-state index in [9.17, 15) is 9.59 Å². The maximum Gasteiger partial charge on any atom is 0.331 e. The van der Waals surface area contributed by atoms with Gasteiger partial charge in [0.25, 0.3) is 5.91 Å². The number of benzene rings is 2. The van der Waals surface area contributed by atoms with Crippen molar-refractivity contribution in [2.24, 2.45) is 0 Å². The monoisotopic (exact) mass is 388 g/mol. The van der Waals surface area contributed by atoms with Gasteiger partial charge in [0.05, 0.1) is 11.6 Å². The molecule has 0 aliphatic rings. The summed E-state index contributed by atoms with van der Waals surface area (Å²) in [6, 6.07) is 15.4. The Labute approximate surface area is 170 Å². The minimum absolute atomic E-state index is 0.169. The van der Waals surface area contributed by atoms with Crippen LogP contribution in [0.3, 0.4) is 0 Å². The first-order valence-electron chi connectivity index (χ1n) is 9.49. The maximum absolute atomic E-state index is 12.1. The number of nitrogens with one attached hydrogen (secondary N) is 1. The average Bonchev–Trinajstić information content (AvgIpc) is 2.72. The second-order valence-electron chi connectivity index (χ2n) is 7.00. The first-order valence-corrected chi connectivity index (χ1v) is 9.49. The predicted octanol–water partition coefficient (Wildman–Crippen LogP) is 4.29. The summed E-state index contributed by atoms with van der Waals surface area (Å²) in [7, 11) is 0. The van der Waals surface area contributed by atoms with E-state index in [4.69, 9.17) is 4.74 Å². The van der Waals surface area contributed by atoms with E-state index in [0.29, 0.717) is 0 Å². The average molecular weight is 388 g/mol. The van der Waals surface area contributed by atoms with Gasteiger partial charge in [-0.25, -0.2) is 4.79 Å². The van der Waals surface area contributed by atoms with Gasteiger partial charge < -0.3 is 10.1 Å². The fraction of sp³-hybridized carbons (Fsp3) is 0.208. The zero-order valence-corrected chi connectivity index (χ0v) is 16.8. The third-order valence-corrected chi connectivity index (χ3v) is 4.82. The van der Waals surface area contributed by atoms with E-state index < -0.39 is 5.97 Å². The van der Waals surface area contributed by atoms with Crippen LogP contribution < -0.4 is 5.32 Å². The van der Waals surface area contributed by atoms with Gasteiger partial charge in [-0.2, -0.15) is 0 Å². The number of hydrogen-bond donors (Lipinski definition) is 1. The maximum atomic E-state index is 12.1. The number of rotatable bonds is 6. The largest absolute Gasteiger partial charge is 0.452 e. The van der Waals surface area contributed by atoms with Crippen LogP contribution in [0.4, 0.5) is 0 Å². The predicted molar refractivity (Wildman–Crippen MR) is 114 cm³/mol. The minimum atomic E-state index is -0.577. The summed E-state index contributed by atoms with van der Waals surface area (Å²) in [5, 5.41) is 3.83. The zero-order chi connectivity index (χ0) is 20.8. The van der Waals surface area contributed by atoms with Crippen LogP contribution in [-0.2, 0) is 14.3 Å². The van der Waals surface area contributed by atoms with Gasteiger partial charge in [0.15, 0.2) is 6.61 Å². The molecule has 148 valence electrons. The topological polar surface area (TPSA) is 68.3 Å². The smallest absolute Gasteiger partial charge is 0.331 e. The van der Waals surface area contributed by atoms with E-state index in [0.717, 1.165) is 22.0 Å². The summed E-state index contributed by atoms with van der Waals surface area (Å²) in [6.07, 6.45) is 4.66. The Morgan fingerprint density at radius 1 is 1.10 bits per heavy atom. The Morgan fingerprint density at radius 3 is 2.69 bits per heavy atom. The molecule has 1 aromatic heterocycles. The van der Waals surface area contributed by atoms with E-state index in [-0.39, 0.29) is 18.6 Å². The first-order chi connectivity index (χ1) is 13.9. The van der Waals surface area contributed by atoms with E-state index >= 15 is 0 Å². The molecule has 0 bridgehead atoms. The summed E-state index contributed by atoms with van der Waals surface area (Å²) in [5.74, 6) is -0.920. The lowest BCUT2D eigenvalue weighted by Crippen LogP contribution is -2.31. The lowest BCUT2D eigenvalue weighted by atomic mass is 10.0. The quantitative estimate of drug-likeness (QED) is 0.505. The highest BCUT2D eigenvalue weighted by Crippen LogP contribution is 2.18. The van der Waals surface area contributed by atoms with Gasteiger partial charge in [-0.15, -0.1) is 0 Å². The molecule has 1 atom stereocenters. The Morgan fingerprint density at radius 2 is 1.90 bits per heavy atom. The molecule has 1 unspecified atom stereocenters. The number of fused-ring (bicyclic) bond motifs is 1. The summed E-state index contributed by atoms with van der Waals surface area (Å²) >= 11 is 0. The summed E-state index contributed by atoms with van der Waals surface area (Å²) in [6.45, 7) is 5.65. The minimum Gasteiger partial charge on any atom is -0.452 e. The van der Waals surface area contributed by atoms with Crippen molar-refractivity contribution in [1.82, 2.24) is 10.3 Å².